The number of aromatic nitrogens is 1. The minimum absolute atomic E-state index is 0.689. The molecule has 0 fully saturated rings. The summed E-state index contributed by atoms with van der Waals surface area (Å²) >= 11 is 1.47. The highest BCUT2D eigenvalue weighted by Gasteiger charge is 1.88. The maximum absolute atomic E-state index is 3.92. The van der Waals surface area contributed by atoms with Gasteiger partial charge in [0.2, 0.25) is 5.13 Å². The SMILES string of the molecule is CN(C)/N=N/c1nccs1. The Bertz CT molecular complexity index is 203. The van der Waals surface area contributed by atoms with Crippen LogP contribution in [-0.4, -0.2) is 24.1 Å². The van der Waals surface area contributed by atoms with E-state index in [9.17, 15) is 0 Å². The molecule has 0 N–H and O–H groups in total. The summed E-state index contributed by atoms with van der Waals surface area (Å²) in [5, 5.41) is 11.8. The fraction of sp³-hybridized carbons (Fsp3) is 0.400. The van der Waals surface area contributed by atoms with E-state index in [0.717, 1.165) is 0 Å². The zero-order valence-electron chi connectivity index (χ0n) is 5.85. The van der Waals surface area contributed by atoms with Crippen molar-refractivity contribution < 1.29 is 0 Å². The van der Waals surface area contributed by atoms with Crippen molar-refractivity contribution in [2.24, 2.45) is 10.3 Å². The predicted molar refractivity (Wildman–Crippen MR) is 40.3 cm³/mol. The Morgan fingerprint density at radius 1 is 1.60 bits per heavy atom. The van der Waals surface area contributed by atoms with Gasteiger partial charge in [-0.3, -0.25) is 5.01 Å². The van der Waals surface area contributed by atoms with E-state index in [-0.39, 0.29) is 0 Å². The van der Waals surface area contributed by atoms with Crippen LogP contribution in [0.5, 0.6) is 0 Å². The first-order valence-electron chi connectivity index (χ1n) is 2.77. The molecule has 0 unspecified atom stereocenters. The van der Waals surface area contributed by atoms with Gasteiger partial charge in [0.15, 0.2) is 0 Å². The van der Waals surface area contributed by atoms with Crippen LogP contribution in [0.3, 0.4) is 0 Å². The quantitative estimate of drug-likeness (QED) is 0.483. The summed E-state index contributed by atoms with van der Waals surface area (Å²) in [6.45, 7) is 0. The topological polar surface area (TPSA) is 40.9 Å². The van der Waals surface area contributed by atoms with Crippen molar-refractivity contribution in [3.8, 4) is 0 Å². The van der Waals surface area contributed by atoms with Crippen molar-refractivity contribution in [3.63, 3.8) is 0 Å². The van der Waals surface area contributed by atoms with Crippen molar-refractivity contribution in [2.75, 3.05) is 14.1 Å². The summed E-state index contributed by atoms with van der Waals surface area (Å²) in [7, 11) is 3.63. The zero-order valence-corrected chi connectivity index (χ0v) is 6.67. The third-order valence-corrected chi connectivity index (χ3v) is 1.38. The molecule has 0 saturated carbocycles. The van der Waals surface area contributed by atoms with Crippen LogP contribution in [0, 0.1) is 0 Å². The summed E-state index contributed by atoms with van der Waals surface area (Å²) < 4.78 is 0. The fourth-order valence-corrected chi connectivity index (χ4v) is 0.842. The molecule has 1 aromatic heterocycles. The first-order chi connectivity index (χ1) is 4.79. The molecule has 0 aliphatic heterocycles. The smallest absolute Gasteiger partial charge is 0.231 e. The van der Waals surface area contributed by atoms with Crippen molar-refractivity contribution in [2.45, 2.75) is 0 Å². The Morgan fingerprint density at radius 2 is 2.40 bits per heavy atom. The monoisotopic (exact) mass is 156 g/mol. The van der Waals surface area contributed by atoms with Gasteiger partial charge in [-0.2, -0.15) is 0 Å². The van der Waals surface area contributed by atoms with Crippen LogP contribution in [0.2, 0.25) is 0 Å². The van der Waals surface area contributed by atoms with E-state index in [1.807, 2.05) is 19.5 Å². The molecule has 0 amide bonds. The summed E-state index contributed by atoms with van der Waals surface area (Å²) in [4.78, 5) is 3.92. The first kappa shape index (κ1) is 7.14. The van der Waals surface area contributed by atoms with Gasteiger partial charge in [-0.05, 0) is 0 Å². The second-order valence-corrected chi connectivity index (χ2v) is 2.72. The third-order valence-electron chi connectivity index (χ3n) is 0.728. The van der Waals surface area contributed by atoms with Gasteiger partial charge in [-0.1, -0.05) is 5.22 Å². The van der Waals surface area contributed by atoms with Gasteiger partial charge in [0.05, 0.1) is 0 Å². The predicted octanol–water partition coefficient (Wildman–Crippen LogP) is 1.70. The van der Waals surface area contributed by atoms with Crippen LogP contribution in [0.1, 0.15) is 0 Å². The molecule has 1 heterocycles. The standard InChI is InChI=1S/C5H8N4S/c1-9(2)8-7-5-6-3-4-10-5/h3-4H,1-2H3/b8-7+. The van der Waals surface area contributed by atoms with Crippen molar-refractivity contribution in [3.05, 3.63) is 11.6 Å². The molecule has 1 rings (SSSR count). The highest BCUT2D eigenvalue weighted by atomic mass is 32.1. The molecule has 5 heteroatoms. The Labute approximate surface area is 63.2 Å². The van der Waals surface area contributed by atoms with Crippen LogP contribution in [0.4, 0.5) is 5.13 Å². The molecule has 0 atom stereocenters. The van der Waals surface area contributed by atoms with Crippen LogP contribution in [0.15, 0.2) is 21.9 Å². The molecule has 4 nitrogen and oxygen atoms in total. The number of rotatable bonds is 2. The molecule has 0 aliphatic carbocycles. The van der Waals surface area contributed by atoms with E-state index in [1.165, 1.54) is 11.3 Å². The van der Waals surface area contributed by atoms with E-state index in [0.29, 0.717) is 5.13 Å². The van der Waals surface area contributed by atoms with Crippen molar-refractivity contribution in [1.29, 1.82) is 0 Å². The summed E-state index contributed by atoms with van der Waals surface area (Å²) in [6.07, 6.45) is 1.70. The van der Waals surface area contributed by atoms with Gasteiger partial charge < -0.3 is 0 Å². The molecule has 0 radical (unpaired) electrons. The van der Waals surface area contributed by atoms with Crippen molar-refractivity contribution in [1.82, 2.24) is 9.99 Å². The minimum atomic E-state index is 0.689. The molecule has 0 spiro atoms. The van der Waals surface area contributed by atoms with Gasteiger partial charge in [0.25, 0.3) is 0 Å². The van der Waals surface area contributed by atoms with E-state index in [2.05, 4.69) is 15.3 Å². The largest absolute Gasteiger partial charge is 0.284 e. The fourth-order valence-electron chi connectivity index (χ4n) is 0.393. The third kappa shape index (κ3) is 2.10. The Hall–Kier alpha value is -0.970. The molecule has 54 valence electrons. The number of hydrogen-bond donors (Lipinski definition) is 0. The van der Waals surface area contributed by atoms with Crippen LogP contribution in [0.25, 0.3) is 0 Å². The minimum Gasteiger partial charge on any atom is -0.284 e. The van der Waals surface area contributed by atoms with Gasteiger partial charge >= 0.3 is 0 Å². The summed E-state index contributed by atoms with van der Waals surface area (Å²) in [5.74, 6) is 0. The lowest BCUT2D eigenvalue weighted by Crippen LogP contribution is -1.98. The van der Waals surface area contributed by atoms with Crippen LogP contribution < -0.4 is 0 Å². The lowest BCUT2D eigenvalue weighted by atomic mass is 11.0. The summed E-state index contributed by atoms with van der Waals surface area (Å²) in [5.41, 5.74) is 0. The van der Waals surface area contributed by atoms with Crippen LogP contribution >= 0.6 is 11.3 Å². The maximum Gasteiger partial charge on any atom is 0.231 e. The maximum atomic E-state index is 3.92. The Morgan fingerprint density at radius 3 is 2.90 bits per heavy atom. The van der Waals surface area contributed by atoms with E-state index < -0.39 is 0 Å². The Kier molecular flexibility index (Phi) is 2.33. The second-order valence-electron chi connectivity index (χ2n) is 1.85. The second kappa shape index (κ2) is 3.26. The number of thiazole rings is 1. The molecular weight excluding hydrogens is 148 g/mol. The normalized spacial score (nSPS) is 10.6. The van der Waals surface area contributed by atoms with E-state index >= 15 is 0 Å². The average Bonchev–Trinajstić information content (AvgIpc) is 2.34. The highest BCUT2D eigenvalue weighted by molar-refractivity contribution is 7.13. The van der Waals surface area contributed by atoms with Gasteiger partial charge in [-0.15, -0.1) is 16.5 Å². The number of hydrogen-bond acceptors (Lipinski definition) is 4. The first-order valence-corrected chi connectivity index (χ1v) is 3.65. The number of nitrogens with zero attached hydrogens (tertiary/aromatic N) is 4. The Balaban J connectivity index is 2.55. The molecule has 0 saturated heterocycles. The van der Waals surface area contributed by atoms with Crippen molar-refractivity contribution >= 4 is 16.5 Å². The molecule has 0 bridgehead atoms. The summed E-state index contributed by atoms with van der Waals surface area (Å²) in [6, 6.07) is 0. The van der Waals surface area contributed by atoms with Crippen LogP contribution in [-0.2, 0) is 0 Å². The molecule has 0 aliphatic rings. The molecular formula is C5H8N4S. The van der Waals surface area contributed by atoms with E-state index in [4.69, 9.17) is 0 Å². The zero-order chi connectivity index (χ0) is 7.40. The average molecular weight is 156 g/mol. The lowest BCUT2D eigenvalue weighted by Gasteiger charge is -1.97. The van der Waals surface area contributed by atoms with Gasteiger partial charge in [-0.25, -0.2) is 4.98 Å². The molecule has 1 aromatic rings. The molecule has 0 aromatic carbocycles. The lowest BCUT2D eigenvalue weighted by molar-refractivity contribution is 0.408. The highest BCUT2D eigenvalue weighted by Crippen LogP contribution is 2.14. The molecule has 10 heavy (non-hydrogen) atoms. The van der Waals surface area contributed by atoms with Gasteiger partial charge in [0, 0.05) is 25.7 Å². The van der Waals surface area contributed by atoms with E-state index in [1.54, 1.807) is 11.2 Å². The van der Waals surface area contributed by atoms with Gasteiger partial charge in [0.1, 0.15) is 0 Å².